The van der Waals surface area contributed by atoms with Gasteiger partial charge in [-0.3, -0.25) is 0 Å². The zero-order chi connectivity index (χ0) is 35.0. The zero-order valence-corrected chi connectivity index (χ0v) is 32.7. The third-order valence-electron chi connectivity index (χ3n) is 8.96. The quantitative estimate of drug-likeness (QED) is 0.164. The van der Waals surface area contributed by atoms with Crippen LogP contribution < -0.4 is 20.6 Å². The predicted octanol–water partition coefficient (Wildman–Crippen LogP) is 12.0. The second kappa shape index (κ2) is 14.7. The minimum Gasteiger partial charge on any atom is -0.656 e. The van der Waals surface area contributed by atoms with Crippen LogP contribution in [0, 0.1) is 0 Å². The van der Waals surface area contributed by atoms with E-state index in [9.17, 15) is 0 Å². The fraction of sp³-hybridized carbons (Fsp3) is 0. The molecular weight excluding hydrogens is 749 g/mol. The van der Waals surface area contributed by atoms with Gasteiger partial charge in [0.15, 0.2) is 0 Å². The molecule has 250 valence electrons. The van der Waals surface area contributed by atoms with E-state index >= 15 is 0 Å². The first-order chi connectivity index (χ1) is 25.6. The molecule has 0 amide bonds. The average Bonchev–Trinajstić information content (AvgIpc) is 4.02. The van der Waals surface area contributed by atoms with Crippen LogP contribution in [0.4, 0.5) is 22.7 Å². The Balaban J connectivity index is 0.00000400. The molecule has 7 aromatic rings. The van der Waals surface area contributed by atoms with E-state index in [1.54, 1.807) is 0 Å². The van der Waals surface area contributed by atoms with Crippen LogP contribution in [0.15, 0.2) is 133 Å². The molecule has 5 heterocycles. The summed E-state index contributed by atoms with van der Waals surface area (Å²) >= 11 is 12.5. The second-order valence-corrected chi connectivity index (χ2v) is 13.2. The van der Waals surface area contributed by atoms with E-state index in [0.717, 1.165) is 89.8 Å². The molecule has 0 radical (unpaired) electrons. The van der Waals surface area contributed by atoms with E-state index in [0.29, 0.717) is 10.0 Å². The van der Waals surface area contributed by atoms with Crippen LogP contribution in [0.25, 0.3) is 68.6 Å². The number of halogens is 2. The van der Waals surface area contributed by atoms with Crippen molar-refractivity contribution in [2.75, 3.05) is 10.6 Å². The first-order valence-corrected chi connectivity index (χ1v) is 17.5. The van der Waals surface area contributed by atoms with Crippen LogP contribution in [0.5, 0.6) is 0 Å². The van der Waals surface area contributed by atoms with E-state index < -0.39 is 0 Å². The number of fused-ring (bicyclic) bond motifs is 8. The van der Waals surface area contributed by atoms with Gasteiger partial charge in [-0.25, -0.2) is 9.97 Å². The molecule has 0 unspecified atom stereocenters. The molecule has 3 aromatic heterocycles. The maximum Gasteiger partial charge on any atom is 2.00 e. The van der Waals surface area contributed by atoms with Crippen molar-refractivity contribution in [2.45, 2.75) is 0 Å². The van der Waals surface area contributed by atoms with Crippen molar-refractivity contribution in [2.24, 2.45) is 0 Å². The SMILES string of the molecule is Clc1ccc(Nc2c3nc(c(-c4ccccc4)c4ccc([n-]4)c(Nc4ccc(Cl)cc4)c4nc(c(-c5ccccc5)c5ccc2[n-]5)C=C4)C=C3)cc1.[Zn+2]. The van der Waals surface area contributed by atoms with Gasteiger partial charge in [0, 0.05) is 32.8 Å². The van der Waals surface area contributed by atoms with Gasteiger partial charge in [-0.05, 0) is 95.1 Å². The maximum absolute atomic E-state index is 6.26. The summed E-state index contributed by atoms with van der Waals surface area (Å²) in [5.41, 5.74) is 13.2. The number of hydrogen-bond acceptors (Lipinski definition) is 4. The van der Waals surface area contributed by atoms with Gasteiger partial charge in [-0.15, -0.1) is 22.1 Å². The monoisotopic (exact) mass is 774 g/mol. The topological polar surface area (TPSA) is 78.0 Å². The number of anilines is 4. The Morgan fingerprint density at radius 2 is 0.755 bits per heavy atom. The Morgan fingerprint density at radius 1 is 0.396 bits per heavy atom. The van der Waals surface area contributed by atoms with E-state index in [1.807, 2.05) is 133 Å². The van der Waals surface area contributed by atoms with Gasteiger partial charge in [0.25, 0.3) is 0 Å². The summed E-state index contributed by atoms with van der Waals surface area (Å²) in [6.07, 6.45) is 8.14. The number of hydrogen-bond donors (Lipinski definition) is 2. The van der Waals surface area contributed by atoms with Crippen molar-refractivity contribution in [1.29, 1.82) is 0 Å². The molecule has 0 saturated heterocycles. The van der Waals surface area contributed by atoms with Crippen LogP contribution >= 0.6 is 23.2 Å². The van der Waals surface area contributed by atoms with Gasteiger partial charge in [-0.1, -0.05) is 108 Å². The summed E-state index contributed by atoms with van der Waals surface area (Å²) in [6.45, 7) is 0. The summed E-state index contributed by atoms with van der Waals surface area (Å²) < 4.78 is 0. The van der Waals surface area contributed by atoms with Crippen molar-refractivity contribution in [1.82, 2.24) is 19.9 Å². The zero-order valence-electron chi connectivity index (χ0n) is 28.3. The summed E-state index contributed by atoms with van der Waals surface area (Å²) in [5.74, 6) is 0. The first kappa shape index (κ1) is 34.4. The Kier molecular flexibility index (Phi) is 9.55. The van der Waals surface area contributed by atoms with E-state index in [2.05, 4.69) is 34.9 Å². The third kappa shape index (κ3) is 6.95. The third-order valence-corrected chi connectivity index (χ3v) is 9.47. The van der Waals surface area contributed by atoms with E-state index in [-0.39, 0.29) is 19.5 Å². The predicted molar refractivity (Wildman–Crippen MR) is 217 cm³/mol. The molecule has 0 aliphatic carbocycles. The Morgan fingerprint density at radius 3 is 1.15 bits per heavy atom. The molecule has 0 fully saturated rings. The summed E-state index contributed by atoms with van der Waals surface area (Å²) in [6, 6.07) is 43.8. The van der Waals surface area contributed by atoms with Gasteiger partial charge < -0.3 is 20.6 Å². The fourth-order valence-electron chi connectivity index (χ4n) is 6.50. The van der Waals surface area contributed by atoms with Crippen LogP contribution in [0.2, 0.25) is 10.0 Å². The number of nitrogens with one attached hydrogen (secondary N) is 2. The van der Waals surface area contributed by atoms with Gasteiger partial charge >= 0.3 is 19.5 Å². The smallest absolute Gasteiger partial charge is 0.656 e. The first-order valence-electron chi connectivity index (χ1n) is 16.8. The molecule has 9 rings (SSSR count). The van der Waals surface area contributed by atoms with Crippen LogP contribution in [0.1, 0.15) is 22.8 Å². The summed E-state index contributed by atoms with van der Waals surface area (Å²) in [4.78, 5) is 21.0. The molecule has 0 atom stereocenters. The standard InChI is InChI=1S/C44H28Cl2N6.Zn/c45-29-11-15-31(16-12-29)47-43-37-23-19-33(49-37)41(27-7-3-1-4-8-27)34-20-24-38(50-34)44(48-32-17-13-30(46)14-18-32)40-26-22-36(52-40)42(28-9-5-2-6-10-28)35-21-25-39(43)51-35;/h1-26,47-48H;/q-2;+2. The minimum absolute atomic E-state index is 0. The maximum atomic E-state index is 6.26. The molecule has 2 aliphatic heterocycles. The number of rotatable bonds is 6. The Hall–Kier alpha value is -5.72. The van der Waals surface area contributed by atoms with E-state index in [1.165, 1.54) is 0 Å². The van der Waals surface area contributed by atoms with Crippen molar-refractivity contribution in [3.63, 3.8) is 0 Å². The molecule has 6 nitrogen and oxygen atoms in total. The molecule has 0 saturated carbocycles. The van der Waals surface area contributed by atoms with Crippen molar-refractivity contribution in [3.8, 4) is 22.3 Å². The largest absolute Gasteiger partial charge is 2.00 e. The molecule has 2 aliphatic rings. The van der Waals surface area contributed by atoms with Crippen LogP contribution in [-0.4, -0.2) is 9.97 Å². The summed E-state index contributed by atoms with van der Waals surface area (Å²) in [7, 11) is 0. The van der Waals surface area contributed by atoms with Crippen molar-refractivity contribution in [3.05, 3.63) is 166 Å². The van der Waals surface area contributed by atoms with Gasteiger partial charge in [-0.2, -0.15) is 0 Å². The molecule has 9 heteroatoms. The molecule has 4 aromatic carbocycles. The van der Waals surface area contributed by atoms with Crippen LogP contribution in [0.3, 0.4) is 0 Å². The normalized spacial score (nSPS) is 11.7. The number of benzene rings is 4. The molecule has 8 bridgehead atoms. The van der Waals surface area contributed by atoms with Gasteiger partial charge in [0.2, 0.25) is 0 Å². The summed E-state index contributed by atoms with van der Waals surface area (Å²) in [5, 5.41) is 8.53. The fourth-order valence-corrected chi connectivity index (χ4v) is 6.75. The Bertz CT molecular complexity index is 2490. The van der Waals surface area contributed by atoms with Gasteiger partial charge in [0.05, 0.1) is 22.8 Å². The van der Waals surface area contributed by atoms with E-state index in [4.69, 9.17) is 43.1 Å². The van der Waals surface area contributed by atoms with Crippen LogP contribution in [-0.2, 0) is 19.5 Å². The average molecular weight is 777 g/mol. The molecule has 2 N–H and O–H groups in total. The number of nitrogens with zero attached hydrogens (tertiary/aromatic N) is 4. The number of aromatic nitrogens is 4. The second-order valence-electron chi connectivity index (χ2n) is 12.4. The Labute approximate surface area is 329 Å². The molecular formula is C44H28Cl2N6Zn. The van der Waals surface area contributed by atoms with Gasteiger partial charge in [0.1, 0.15) is 0 Å². The molecule has 53 heavy (non-hydrogen) atoms. The minimum atomic E-state index is 0. The van der Waals surface area contributed by atoms with Crippen molar-refractivity contribution >= 4 is 92.3 Å². The molecule has 0 spiro atoms. The van der Waals surface area contributed by atoms with Crippen molar-refractivity contribution < 1.29 is 19.5 Å².